The number of carbonyl (C=O) groups is 1. The molecule has 19 heavy (non-hydrogen) atoms. The summed E-state index contributed by atoms with van der Waals surface area (Å²) in [6, 6.07) is 4.67. The summed E-state index contributed by atoms with van der Waals surface area (Å²) in [5.41, 5.74) is 0.396. The predicted molar refractivity (Wildman–Crippen MR) is 68.6 cm³/mol. The zero-order chi connectivity index (χ0) is 14.0. The first kappa shape index (κ1) is 13.9. The Labute approximate surface area is 118 Å². The van der Waals surface area contributed by atoms with Crippen LogP contribution in [-0.4, -0.2) is 10.8 Å². The van der Waals surface area contributed by atoms with Gasteiger partial charge >= 0.3 is 0 Å². The van der Waals surface area contributed by atoms with Gasteiger partial charge in [-0.3, -0.25) is 4.79 Å². The third-order valence-corrected chi connectivity index (χ3v) is 2.92. The average molecular weight is 302 g/mol. The molecule has 2 rings (SSSR count). The number of hydrogen-bond donors (Lipinski definition) is 0. The molecule has 0 fully saturated rings. The highest BCUT2D eigenvalue weighted by atomic mass is 35.5. The number of Topliss-reactive ketones (excluding diaryl/α,β-unsaturated/α-hetero) is 1. The Balaban J connectivity index is 2.23. The standard InChI is InChI=1S/C13H7Cl2F2NO/c14-8-5-9(15)13(18-6-8)12(19)4-7-1-2-10(16)11(17)3-7/h1-3,5-6H,4H2. The largest absolute Gasteiger partial charge is 0.292 e. The molecule has 2 nitrogen and oxygen atoms in total. The number of hydrogen-bond acceptors (Lipinski definition) is 2. The van der Waals surface area contributed by atoms with Crippen molar-refractivity contribution in [2.45, 2.75) is 6.42 Å². The van der Waals surface area contributed by atoms with Crippen molar-refractivity contribution in [3.8, 4) is 0 Å². The van der Waals surface area contributed by atoms with Gasteiger partial charge < -0.3 is 0 Å². The highest BCUT2D eigenvalue weighted by Crippen LogP contribution is 2.20. The Morgan fingerprint density at radius 1 is 1.16 bits per heavy atom. The Morgan fingerprint density at radius 3 is 2.53 bits per heavy atom. The molecule has 0 spiro atoms. The van der Waals surface area contributed by atoms with E-state index in [-0.39, 0.29) is 17.1 Å². The first-order chi connectivity index (χ1) is 8.97. The van der Waals surface area contributed by atoms with Crippen LogP contribution in [0.2, 0.25) is 10.0 Å². The minimum Gasteiger partial charge on any atom is -0.292 e. The van der Waals surface area contributed by atoms with Gasteiger partial charge in [0.05, 0.1) is 10.0 Å². The van der Waals surface area contributed by atoms with E-state index in [1.165, 1.54) is 18.3 Å². The van der Waals surface area contributed by atoms with Crippen LogP contribution >= 0.6 is 23.2 Å². The second-order valence-corrected chi connectivity index (χ2v) is 4.68. The molecular formula is C13H7Cl2F2NO. The van der Waals surface area contributed by atoms with Gasteiger partial charge in [0.1, 0.15) is 5.69 Å². The number of ketones is 1. The summed E-state index contributed by atoms with van der Waals surface area (Å²) >= 11 is 11.5. The second-order valence-electron chi connectivity index (χ2n) is 3.83. The maximum Gasteiger partial charge on any atom is 0.187 e. The minimum atomic E-state index is -1.000. The molecule has 0 unspecified atom stereocenters. The van der Waals surface area contributed by atoms with E-state index in [1.54, 1.807) is 0 Å². The number of aromatic nitrogens is 1. The molecule has 0 aliphatic heterocycles. The zero-order valence-electron chi connectivity index (χ0n) is 9.46. The first-order valence-electron chi connectivity index (χ1n) is 5.25. The normalized spacial score (nSPS) is 10.5. The molecule has 1 aromatic heterocycles. The number of pyridine rings is 1. The third-order valence-electron chi connectivity index (χ3n) is 2.42. The van der Waals surface area contributed by atoms with Crippen LogP contribution in [0.3, 0.4) is 0 Å². The third kappa shape index (κ3) is 3.28. The molecule has 98 valence electrons. The topological polar surface area (TPSA) is 30.0 Å². The SMILES string of the molecule is O=C(Cc1ccc(F)c(F)c1)c1ncc(Cl)cc1Cl. The molecule has 0 amide bonds. The van der Waals surface area contributed by atoms with Gasteiger partial charge in [0.25, 0.3) is 0 Å². The van der Waals surface area contributed by atoms with E-state index in [9.17, 15) is 13.6 Å². The fourth-order valence-corrected chi connectivity index (χ4v) is 2.02. The lowest BCUT2D eigenvalue weighted by Gasteiger charge is -2.04. The Bertz CT molecular complexity index is 647. The van der Waals surface area contributed by atoms with Gasteiger partial charge in [0, 0.05) is 12.6 Å². The fraction of sp³-hybridized carbons (Fsp3) is 0.0769. The van der Waals surface area contributed by atoms with Crippen molar-refractivity contribution in [3.05, 3.63) is 63.4 Å². The Morgan fingerprint density at radius 2 is 1.89 bits per heavy atom. The molecule has 0 aliphatic rings. The minimum absolute atomic E-state index is 0.0517. The van der Waals surface area contributed by atoms with Gasteiger partial charge in [-0.05, 0) is 23.8 Å². The molecule has 0 aliphatic carbocycles. The molecule has 0 bridgehead atoms. The summed E-state index contributed by atoms with van der Waals surface area (Å²) in [4.78, 5) is 15.8. The van der Waals surface area contributed by atoms with Crippen LogP contribution in [0.15, 0.2) is 30.5 Å². The number of nitrogens with zero attached hydrogens (tertiary/aromatic N) is 1. The van der Waals surface area contributed by atoms with E-state index in [1.807, 2.05) is 0 Å². The van der Waals surface area contributed by atoms with E-state index >= 15 is 0 Å². The number of halogens is 4. The van der Waals surface area contributed by atoms with Crippen molar-refractivity contribution >= 4 is 29.0 Å². The molecular weight excluding hydrogens is 295 g/mol. The molecule has 1 heterocycles. The monoisotopic (exact) mass is 301 g/mol. The van der Waals surface area contributed by atoms with Crippen LogP contribution in [0.1, 0.15) is 16.1 Å². The predicted octanol–water partition coefficient (Wildman–Crippen LogP) is 4.09. The van der Waals surface area contributed by atoms with E-state index in [4.69, 9.17) is 23.2 Å². The summed E-state index contributed by atoms with van der Waals surface area (Å²) < 4.78 is 25.8. The van der Waals surface area contributed by atoms with E-state index in [0.717, 1.165) is 12.1 Å². The highest BCUT2D eigenvalue weighted by Gasteiger charge is 2.14. The number of benzene rings is 1. The summed E-state index contributed by atoms with van der Waals surface area (Å²) in [5, 5.41) is 0.439. The lowest BCUT2D eigenvalue weighted by atomic mass is 10.1. The average Bonchev–Trinajstić information content (AvgIpc) is 2.33. The number of carbonyl (C=O) groups excluding carboxylic acids is 1. The van der Waals surface area contributed by atoms with Gasteiger partial charge in [-0.15, -0.1) is 0 Å². The summed E-state index contributed by atoms with van der Waals surface area (Å²) in [6.45, 7) is 0. The van der Waals surface area contributed by atoms with Gasteiger partial charge in [-0.25, -0.2) is 13.8 Å². The van der Waals surface area contributed by atoms with Crippen molar-refractivity contribution in [2.24, 2.45) is 0 Å². The van der Waals surface area contributed by atoms with Crippen molar-refractivity contribution in [1.29, 1.82) is 0 Å². The van der Waals surface area contributed by atoms with Crippen molar-refractivity contribution < 1.29 is 13.6 Å². The second kappa shape index (κ2) is 5.63. The van der Waals surface area contributed by atoms with Crippen LogP contribution < -0.4 is 0 Å². The molecule has 1 aromatic carbocycles. The van der Waals surface area contributed by atoms with Crippen LogP contribution in [0, 0.1) is 11.6 Å². The molecule has 0 radical (unpaired) electrons. The summed E-state index contributed by atoms with van der Waals surface area (Å²) in [6.07, 6.45) is 1.18. The molecule has 0 saturated heterocycles. The zero-order valence-corrected chi connectivity index (χ0v) is 11.0. The quantitative estimate of drug-likeness (QED) is 0.799. The Kier molecular flexibility index (Phi) is 4.12. The maximum absolute atomic E-state index is 13.0. The first-order valence-corrected chi connectivity index (χ1v) is 6.01. The lowest BCUT2D eigenvalue weighted by molar-refractivity contribution is 0.0988. The lowest BCUT2D eigenvalue weighted by Crippen LogP contribution is -2.07. The van der Waals surface area contributed by atoms with Crippen LogP contribution in [-0.2, 0) is 6.42 Å². The molecule has 0 atom stereocenters. The smallest absolute Gasteiger partial charge is 0.187 e. The van der Waals surface area contributed by atoms with Crippen LogP contribution in [0.4, 0.5) is 8.78 Å². The van der Waals surface area contributed by atoms with Crippen LogP contribution in [0.25, 0.3) is 0 Å². The summed E-state index contributed by atoms with van der Waals surface area (Å²) in [5.74, 6) is -2.35. The van der Waals surface area contributed by atoms with Gasteiger partial charge in [0.15, 0.2) is 17.4 Å². The fourth-order valence-electron chi connectivity index (χ4n) is 1.54. The van der Waals surface area contributed by atoms with Crippen molar-refractivity contribution in [3.63, 3.8) is 0 Å². The highest BCUT2D eigenvalue weighted by molar-refractivity contribution is 6.36. The number of rotatable bonds is 3. The van der Waals surface area contributed by atoms with E-state index < -0.39 is 17.4 Å². The van der Waals surface area contributed by atoms with Gasteiger partial charge in [-0.1, -0.05) is 29.3 Å². The summed E-state index contributed by atoms with van der Waals surface area (Å²) in [7, 11) is 0. The molecule has 0 saturated carbocycles. The van der Waals surface area contributed by atoms with Gasteiger partial charge in [0.2, 0.25) is 0 Å². The molecule has 6 heteroatoms. The molecule has 0 N–H and O–H groups in total. The molecule has 2 aromatic rings. The maximum atomic E-state index is 13.0. The van der Waals surface area contributed by atoms with Crippen molar-refractivity contribution in [1.82, 2.24) is 4.98 Å². The van der Waals surface area contributed by atoms with E-state index in [2.05, 4.69) is 4.98 Å². The van der Waals surface area contributed by atoms with E-state index in [0.29, 0.717) is 10.6 Å². The van der Waals surface area contributed by atoms with Gasteiger partial charge in [-0.2, -0.15) is 0 Å². The van der Waals surface area contributed by atoms with Crippen LogP contribution in [0.5, 0.6) is 0 Å². The van der Waals surface area contributed by atoms with Crippen molar-refractivity contribution in [2.75, 3.05) is 0 Å². The Hall–Kier alpha value is -1.52.